The summed E-state index contributed by atoms with van der Waals surface area (Å²) in [6, 6.07) is 47.6. The van der Waals surface area contributed by atoms with Gasteiger partial charge in [0.2, 0.25) is 0 Å². The highest BCUT2D eigenvalue weighted by Gasteiger charge is 2.16. The predicted molar refractivity (Wildman–Crippen MR) is 162 cm³/mol. The third kappa shape index (κ3) is 4.63. The van der Waals surface area contributed by atoms with Crippen molar-refractivity contribution in [1.29, 1.82) is 0 Å². The first-order valence-corrected chi connectivity index (χ1v) is 13.2. The summed E-state index contributed by atoms with van der Waals surface area (Å²) >= 11 is 0. The molecule has 0 spiro atoms. The molecule has 4 nitrogen and oxygen atoms in total. The monoisotopic (exact) mass is 512 g/mol. The zero-order valence-corrected chi connectivity index (χ0v) is 21.6. The quantitative estimate of drug-likeness (QED) is 0.231. The molecule has 0 unspecified atom stereocenters. The number of nitrogens with zero attached hydrogens (tertiary/aromatic N) is 4. The van der Waals surface area contributed by atoms with Gasteiger partial charge in [-0.05, 0) is 52.6 Å². The van der Waals surface area contributed by atoms with Crippen LogP contribution in [-0.2, 0) is 0 Å². The Morgan fingerprint density at radius 2 is 0.850 bits per heavy atom. The molecule has 4 heteroatoms. The van der Waals surface area contributed by atoms with Crippen LogP contribution in [0.5, 0.6) is 0 Å². The standard InChI is InChI=1S/C36H24N4/c1-4-12-25(13-5-1)29-22-30(26-14-6-2-7-15-26)24-31(23-29)35-38-34(28-16-8-3-9-17-28)39-36(40-35)32-20-10-18-27-19-11-21-37-33(27)32/h1-24H. The second-order valence-corrected chi connectivity index (χ2v) is 9.58. The van der Waals surface area contributed by atoms with Crippen LogP contribution in [-0.4, -0.2) is 19.9 Å². The van der Waals surface area contributed by atoms with Gasteiger partial charge in [-0.2, -0.15) is 0 Å². The first kappa shape index (κ1) is 23.6. The molecule has 40 heavy (non-hydrogen) atoms. The molecule has 0 fully saturated rings. The predicted octanol–water partition coefficient (Wildman–Crippen LogP) is 8.75. The van der Waals surface area contributed by atoms with Gasteiger partial charge in [0, 0.05) is 28.3 Å². The zero-order valence-electron chi connectivity index (χ0n) is 21.6. The topological polar surface area (TPSA) is 51.6 Å². The van der Waals surface area contributed by atoms with Crippen molar-refractivity contribution in [3.63, 3.8) is 0 Å². The van der Waals surface area contributed by atoms with Gasteiger partial charge in [0.05, 0.1) is 5.52 Å². The maximum absolute atomic E-state index is 5.06. The maximum atomic E-state index is 5.06. The molecule has 0 aliphatic rings. The van der Waals surface area contributed by atoms with E-state index < -0.39 is 0 Å². The van der Waals surface area contributed by atoms with Crippen molar-refractivity contribution in [3.05, 3.63) is 146 Å². The third-order valence-corrected chi connectivity index (χ3v) is 6.95. The van der Waals surface area contributed by atoms with E-state index in [4.69, 9.17) is 15.0 Å². The van der Waals surface area contributed by atoms with Crippen LogP contribution in [0.2, 0.25) is 0 Å². The van der Waals surface area contributed by atoms with Gasteiger partial charge in [0.15, 0.2) is 17.5 Å². The van der Waals surface area contributed by atoms with Crippen molar-refractivity contribution >= 4 is 10.9 Å². The van der Waals surface area contributed by atoms with Crippen LogP contribution in [0.4, 0.5) is 0 Å². The molecule has 0 amide bonds. The molecule has 7 rings (SSSR count). The van der Waals surface area contributed by atoms with Gasteiger partial charge in [0.25, 0.3) is 0 Å². The molecule has 0 radical (unpaired) electrons. The fraction of sp³-hybridized carbons (Fsp3) is 0. The van der Waals surface area contributed by atoms with Gasteiger partial charge in [-0.25, -0.2) is 15.0 Å². The molecule has 0 aliphatic heterocycles. The van der Waals surface area contributed by atoms with Crippen LogP contribution in [0.3, 0.4) is 0 Å². The summed E-state index contributed by atoms with van der Waals surface area (Å²) < 4.78 is 0. The van der Waals surface area contributed by atoms with Crippen molar-refractivity contribution < 1.29 is 0 Å². The van der Waals surface area contributed by atoms with Gasteiger partial charge in [-0.1, -0.05) is 109 Å². The number of rotatable bonds is 5. The minimum atomic E-state index is 0.597. The molecule has 0 bridgehead atoms. The highest BCUT2D eigenvalue weighted by atomic mass is 15.0. The Bertz CT molecular complexity index is 1870. The third-order valence-electron chi connectivity index (χ3n) is 6.95. The largest absolute Gasteiger partial charge is 0.255 e. The van der Waals surface area contributed by atoms with Crippen molar-refractivity contribution in [3.8, 4) is 56.4 Å². The number of pyridine rings is 1. The average molecular weight is 513 g/mol. The molecule has 5 aromatic carbocycles. The van der Waals surface area contributed by atoms with Crippen LogP contribution in [0, 0.1) is 0 Å². The Hall–Kier alpha value is -5.48. The SMILES string of the molecule is c1ccc(-c2cc(-c3ccccc3)cc(-c3nc(-c4ccccc4)nc(-c4cccc5cccnc45)n3)c2)cc1. The second-order valence-electron chi connectivity index (χ2n) is 9.58. The van der Waals surface area contributed by atoms with E-state index in [0.717, 1.165) is 49.8 Å². The van der Waals surface area contributed by atoms with Crippen molar-refractivity contribution in [2.24, 2.45) is 0 Å². The van der Waals surface area contributed by atoms with E-state index >= 15 is 0 Å². The fourth-order valence-corrected chi connectivity index (χ4v) is 4.98. The van der Waals surface area contributed by atoms with Crippen LogP contribution >= 0.6 is 0 Å². The van der Waals surface area contributed by atoms with E-state index in [0.29, 0.717) is 17.5 Å². The average Bonchev–Trinajstić information content (AvgIpc) is 3.05. The van der Waals surface area contributed by atoms with Gasteiger partial charge >= 0.3 is 0 Å². The Morgan fingerprint density at radius 1 is 0.350 bits per heavy atom. The van der Waals surface area contributed by atoms with Gasteiger partial charge in [-0.3, -0.25) is 4.98 Å². The van der Waals surface area contributed by atoms with E-state index in [9.17, 15) is 0 Å². The fourth-order valence-electron chi connectivity index (χ4n) is 4.98. The molecule has 0 atom stereocenters. The van der Waals surface area contributed by atoms with Crippen LogP contribution < -0.4 is 0 Å². The van der Waals surface area contributed by atoms with Gasteiger partial charge in [-0.15, -0.1) is 0 Å². The van der Waals surface area contributed by atoms with Gasteiger partial charge in [0.1, 0.15) is 0 Å². The first-order valence-electron chi connectivity index (χ1n) is 13.2. The highest BCUT2D eigenvalue weighted by molar-refractivity contribution is 5.92. The molecule has 0 saturated carbocycles. The number of para-hydroxylation sites is 1. The Morgan fingerprint density at radius 3 is 1.48 bits per heavy atom. The summed E-state index contributed by atoms with van der Waals surface area (Å²) in [6.45, 7) is 0. The number of fused-ring (bicyclic) bond motifs is 1. The zero-order chi connectivity index (χ0) is 26.7. The lowest BCUT2D eigenvalue weighted by molar-refractivity contribution is 1.07. The van der Waals surface area contributed by atoms with E-state index in [2.05, 4.69) is 83.8 Å². The van der Waals surface area contributed by atoms with Crippen molar-refractivity contribution in [2.75, 3.05) is 0 Å². The second kappa shape index (κ2) is 10.4. The minimum Gasteiger partial charge on any atom is -0.255 e. The maximum Gasteiger partial charge on any atom is 0.166 e. The molecular weight excluding hydrogens is 488 g/mol. The normalized spacial score (nSPS) is 11.0. The van der Waals surface area contributed by atoms with E-state index in [1.807, 2.05) is 66.9 Å². The Labute approximate surface area is 232 Å². The van der Waals surface area contributed by atoms with E-state index in [-0.39, 0.29) is 0 Å². The molecule has 7 aromatic rings. The molecule has 2 aromatic heterocycles. The van der Waals surface area contributed by atoms with Crippen LogP contribution in [0.15, 0.2) is 146 Å². The lowest BCUT2D eigenvalue weighted by Gasteiger charge is -2.13. The van der Waals surface area contributed by atoms with Crippen LogP contribution in [0.25, 0.3) is 67.3 Å². The lowest BCUT2D eigenvalue weighted by Crippen LogP contribution is -2.01. The van der Waals surface area contributed by atoms with E-state index in [1.54, 1.807) is 0 Å². The lowest BCUT2D eigenvalue weighted by atomic mass is 9.96. The number of aromatic nitrogens is 4. The smallest absolute Gasteiger partial charge is 0.166 e. The molecule has 0 saturated heterocycles. The molecule has 188 valence electrons. The summed E-state index contributed by atoms with van der Waals surface area (Å²) in [4.78, 5) is 19.7. The number of hydrogen-bond acceptors (Lipinski definition) is 4. The summed E-state index contributed by atoms with van der Waals surface area (Å²) in [5, 5.41) is 1.04. The van der Waals surface area contributed by atoms with Crippen molar-refractivity contribution in [2.45, 2.75) is 0 Å². The van der Waals surface area contributed by atoms with Crippen LogP contribution in [0.1, 0.15) is 0 Å². The number of hydrogen-bond donors (Lipinski definition) is 0. The minimum absolute atomic E-state index is 0.597. The first-order chi connectivity index (χ1) is 19.8. The highest BCUT2D eigenvalue weighted by Crippen LogP contribution is 2.34. The van der Waals surface area contributed by atoms with Crippen molar-refractivity contribution in [1.82, 2.24) is 19.9 Å². The Kier molecular flexibility index (Phi) is 6.11. The summed E-state index contributed by atoms with van der Waals surface area (Å²) in [6.07, 6.45) is 1.81. The summed E-state index contributed by atoms with van der Waals surface area (Å²) in [5.74, 6) is 1.84. The number of benzene rings is 5. The summed E-state index contributed by atoms with van der Waals surface area (Å²) in [5.41, 5.74) is 8.08. The molecule has 0 aliphatic carbocycles. The molecular formula is C36H24N4. The summed E-state index contributed by atoms with van der Waals surface area (Å²) in [7, 11) is 0. The molecule has 2 heterocycles. The molecule has 0 N–H and O–H groups in total. The van der Waals surface area contributed by atoms with Gasteiger partial charge < -0.3 is 0 Å². The Balaban J connectivity index is 1.48. The van der Waals surface area contributed by atoms with E-state index in [1.165, 1.54) is 0 Å².